The molecule has 2 heterocycles. The lowest BCUT2D eigenvalue weighted by molar-refractivity contribution is 0.603. The number of nitrogens with zero attached hydrogens (tertiary/aromatic N) is 3. The fourth-order valence-corrected chi connectivity index (χ4v) is 3.43. The maximum atomic E-state index is 11.5. The summed E-state index contributed by atoms with van der Waals surface area (Å²) in [5.41, 5.74) is 2.78. The molecule has 7 nitrogen and oxygen atoms in total. The normalized spacial score (nSPS) is 16.2. The summed E-state index contributed by atoms with van der Waals surface area (Å²) in [4.78, 5) is 4.29. The Kier molecular flexibility index (Phi) is 4.37. The summed E-state index contributed by atoms with van der Waals surface area (Å²) in [5.74, 6) is 0.467. The van der Waals surface area contributed by atoms with Gasteiger partial charge in [-0.05, 0) is 29.3 Å². The number of hydrogen-bond donors (Lipinski definition) is 2. The van der Waals surface area contributed by atoms with Crippen LogP contribution >= 0.6 is 11.6 Å². The summed E-state index contributed by atoms with van der Waals surface area (Å²) in [6, 6.07) is 17.0. The van der Waals surface area contributed by atoms with Gasteiger partial charge in [0.2, 0.25) is 16.0 Å². The smallest absolute Gasteiger partial charge is 0.257 e. The molecule has 0 fully saturated rings. The highest BCUT2D eigenvalue weighted by molar-refractivity contribution is 7.91. The molecule has 2 aromatic carbocycles. The quantitative estimate of drug-likeness (QED) is 0.699. The number of aromatic nitrogens is 3. The molecule has 138 valence electrons. The van der Waals surface area contributed by atoms with E-state index in [1.165, 1.54) is 0 Å². The van der Waals surface area contributed by atoms with Gasteiger partial charge in [0.25, 0.3) is 5.95 Å². The number of allylic oxidation sites excluding steroid dienone is 1. The first-order chi connectivity index (χ1) is 12.9. The summed E-state index contributed by atoms with van der Waals surface area (Å²) in [6.45, 7) is 0. The zero-order valence-corrected chi connectivity index (χ0v) is 15.9. The lowest BCUT2D eigenvalue weighted by Gasteiger charge is -2.24. The molecule has 4 rings (SSSR count). The van der Waals surface area contributed by atoms with Crippen molar-refractivity contribution < 1.29 is 8.42 Å². The SMILES string of the molecule is CS(=O)(=O)Nc1nc2n(n1)C(c1ccccc1)C=C(c1ccc(Cl)cc1)N2. The van der Waals surface area contributed by atoms with Gasteiger partial charge in [0.15, 0.2) is 0 Å². The predicted molar refractivity (Wildman–Crippen MR) is 106 cm³/mol. The fourth-order valence-electron chi connectivity index (χ4n) is 2.89. The summed E-state index contributed by atoms with van der Waals surface area (Å²) in [7, 11) is -3.48. The van der Waals surface area contributed by atoms with E-state index in [1.54, 1.807) is 4.68 Å². The van der Waals surface area contributed by atoms with E-state index in [1.807, 2.05) is 60.7 Å². The Morgan fingerprint density at radius 3 is 2.48 bits per heavy atom. The Hall–Kier alpha value is -2.84. The van der Waals surface area contributed by atoms with Crippen molar-refractivity contribution in [3.63, 3.8) is 0 Å². The van der Waals surface area contributed by atoms with Crippen LogP contribution < -0.4 is 10.0 Å². The van der Waals surface area contributed by atoms with Crippen molar-refractivity contribution in [2.75, 3.05) is 16.3 Å². The molecule has 2 N–H and O–H groups in total. The molecule has 0 radical (unpaired) electrons. The maximum Gasteiger partial charge on any atom is 0.257 e. The Labute approximate surface area is 161 Å². The third-order valence-electron chi connectivity index (χ3n) is 4.04. The molecule has 0 aliphatic carbocycles. The van der Waals surface area contributed by atoms with Crippen molar-refractivity contribution >= 4 is 39.2 Å². The predicted octanol–water partition coefficient (Wildman–Crippen LogP) is 3.36. The highest BCUT2D eigenvalue weighted by Gasteiger charge is 2.25. The molecular formula is C18H16ClN5O2S. The molecule has 1 unspecified atom stereocenters. The molecule has 1 aromatic heterocycles. The molecule has 27 heavy (non-hydrogen) atoms. The largest absolute Gasteiger partial charge is 0.324 e. The van der Waals surface area contributed by atoms with E-state index in [0.717, 1.165) is 23.1 Å². The van der Waals surface area contributed by atoms with Crippen molar-refractivity contribution in [1.82, 2.24) is 14.8 Å². The second-order valence-electron chi connectivity index (χ2n) is 6.15. The third kappa shape index (κ3) is 3.81. The Bertz CT molecular complexity index is 1110. The van der Waals surface area contributed by atoms with Gasteiger partial charge in [-0.25, -0.2) is 13.1 Å². The molecule has 1 aliphatic heterocycles. The molecule has 0 amide bonds. The standard InChI is InChI=1S/C18H16ClN5O2S/c1-27(25,26)23-17-21-18-20-15(12-7-9-14(19)10-8-12)11-16(24(18)22-17)13-5-3-2-4-6-13/h2-11,16H,1H3,(H2,20,21,22,23). The van der Waals surface area contributed by atoms with Gasteiger partial charge in [0, 0.05) is 10.7 Å². The van der Waals surface area contributed by atoms with Crippen molar-refractivity contribution in [1.29, 1.82) is 0 Å². The first-order valence-electron chi connectivity index (χ1n) is 8.13. The second-order valence-corrected chi connectivity index (χ2v) is 8.33. The van der Waals surface area contributed by atoms with Gasteiger partial charge < -0.3 is 5.32 Å². The number of halogens is 1. The average molecular weight is 402 g/mol. The van der Waals surface area contributed by atoms with E-state index in [2.05, 4.69) is 20.1 Å². The first-order valence-corrected chi connectivity index (χ1v) is 10.4. The Balaban J connectivity index is 1.80. The highest BCUT2D eigenvalue weighted by atomic mass is 35.5. The molecule has 1 aliphatic rings. The van der Waals surface area contributed by atoms with Crippen molar-refractivity contribution in [3.05, 3.63) is 76.8 Å². The van der Waals surface area contributed by atoms with Crippen LogP contribution in [-0.4, -0.2) is 29.4 Å². The third-order valence-corrected chi connectivity index (χ3v) is 4.84. The van der Waals surface area contributed by atoms with Gasteiger partial charge in [-0.1, -0.05) is 54.1 Å². The zero-order valence-electron chi connectivity index (χ0n) is 14.3. The molecule has 1 atom stereocenters. The second kappa shape index (κ2) is 6.71. The van der Waals surface area contributed by atoms with Gasteiger partial charge in [0.1, 0.15) is 6.04 Å². The summed E-state index contributed by atoms with van der Waals surface area (Å²) < 4.78 is 27.0. The van der Waals surface area contributed by atoms with E-state index in [0.29, 0.717) is 11.0 Å². The van der Waals surface area contributed by atoms with Gasteiger partial charge >= 0.3 is 0 Å². The van der Waals surface area contributed by atoms with Crippen LogP contribution in [0.15, 0.2) is 60.7 Å². The monoisotopic (exact) mass is 401 g/mol. The van der Waals surface area contributed by atoms with Crippen LogP contribution in [0.2, 0.25) is 5.02 Å². The van der Waals surface area contributed by atoms with Gasteiger partial charge in [-0.3, -0.25) is 4.72 Å². The summed E-state index contributed by atoms with van der Waals surface area (Å²) in [5, 5.41) is 8.18. The maximum absolute atomic E-state index is 11.5. The van der Waals surface area contributed by atoms with E-state index in [4.69, 9.17) is 11.6 Å². The van der Waals surface area contributed by atoms with E-state index < -0.39 is 10.0 Å². The fraction of sp³-hybridized carbons (Fsp3) is 0.111. The van der Waals surface area contributed by atoms with Crippen LogP contribution in [0.5, 0.6) is 0 Å². The molecule has 0 spiro atoms. The number of sulfonamides is 1. The first kappa shape index (κ1) is 17.6. The van der Waals surface area contributed by atoms with Crippen LogP contribution in [0.25, 0.3) is 5.70 Å². The number of anilines is 2. The van der Waals surface area contributed by atoms with Crippen molar-refractivity contribution in [2.45, 2.75) is 6.04 Å². The molecular weight excluding hydrogens is 386 g/mol. The van der Waals surface area contributed by atoms with Crippen LogP contribution in [-0.2, 0) is 10.0 Å². The molecule has 0 bridgehead atoms. The van der Waals surface area contributed by atoms with Crippen LogP contribution in [0.3, 0.4) is 0 Å². The summed E-state index contributed by atoms with van der Waals surface area (Å²) >= 11 is 5.99. The average Bonchev–Trinajstić information content (AvgIpc) is 3.02. The number of fused-ring (bicyclic) bond motifs is 1. The number of nitrogens with one attached hydrogen (secondary N) is 2. The molecule has 0 saturated heterocycles. The molecule has 0 saturated carbocycles. The topological polar surface area (TPSA) is 88.9 Å². The minimum atomic E-state index is -3.48. The number of benzene rings is 2. The van der Waals surface area contributed by atoms with E-state index >= 15 is 0 Å². The van der Waals surface area contributed by atoms with E-state index in [-0.39, 0.29) is 12.0 Å². The van der Waals surface area contributed by atoms with Gasteiger partial charge in [0.05, 0.1) is 6.26 Å². The Morgan fingerprint density at radius 2 is 1.81 bits per heavy atom. The molecule has 9 heteroatoms. The van der Waals surface area contributed by atoms with Crippen LogP contribution in [0.1, 0.15) is 17.2 Å². The number of hydrogen-bond acceptors (Lipinski definition) is 5. The minimum absolute atomic E-state index is 0.0201. The zero-order chi connectivity index (χ0) is 19.0. The lowest BCUT2D eigenvalue weighted by atomic mass is 10.0. The summed E-state index contributed by atoms with van der Waals surface area (Å²) in [6.07, 6.45) is 3.08. The number of rotatable bonds is 4. The molecule has 3 aromatic rings. The van der Waals surface area contributed by atoms with Crippen molar-refractivity contribution in [3.8, 4) is 0 Å². The van der Waals surface area contributed by atoms with Crippen LogP contribution in [0, 0.1) is 0 Å². The van der Waals surface area contributed by atoms with Gasteiger partial charge in [-0.15, -0.1) is 5.10 Å². The van der Waals surface area contributed by atoms with Crippen molar-refractivity contribution in [2.24, 2.45) is 0 Å². The minimum Gasteiger partial charge on any atom is -0.324 e. The lowest BCUT2D eigenvalue weighted by Crippen LogP contribution is -2.20. The van der Waals surface area contributed by atoms with E-state index in [9.17, 15) is 8.42 Å². The highest BCUT2D eigenvalue weighted by Crippen LogP contribution is 2.33. The van der Waals surface area contributed by atoms with Gasteiger partial charge in [-0.2, -0.15) is 4.98 Å². The Morgan fingerprint density at radius 1 is 1.11 bits per heavy atom. The van der Waals surface area contributed by atoms with Crippen LogP contribution in [0.4, 0.5) is 11.9 Å².